The standard InChI is InChI=1S/C20H17ClFN5O/c1-20(11-27-8-2-3-17(27)18(23)26-20)14-9-13(5-6-15(14)22)25-19(28)16-7-4-12(21)10-24-16/h2-10H,11H2,1H3,(H2,23,26)(H,25,28)/t20-/m1/s1. The summed E-state index contributed by atoms with van der Waals surface area (Å²) in [5, 5.41) is 3.17. The maximum Gasteiger partial charge on any atom is 0.274 e. The number of pyridine rings is 1. The second-order valence-corrected chi connectivity index (χ2v) is 7.24. The van der Waals surface area contributed by atoms with E-state index in [4.69, 9.17) is 17.3 Å². The minimum atomic E-state index is -0.903. The Bertz CT molecular complexity index is 1090. The van der Waals surface area contributed by atoms with Crippen molar-refractivity contribution in [2.24, 2.45) is 10.7 Å². The number of hydrogen-bond donors (Lipinski definition) is 2. The maximum atomic E-state index is 14.7. The summed E-state index contributed by atoms with van der Waals surface area (Å²) in [6.45, 7) is 2.25. The molecule has 0 fully saturated rings. The van der Waals surface area contributed by atoms with E-state index < -0.39 is 17.3 Å². The number of aromatic nitrogens is 2. The average molecular weight is 398 g/mol. The highest BCUT2D eigenvalue weighted by molar-refractivity contribution is 6.30. The van der Waals surface area contributed by atoms with Crippen molar-refractivity contribution in [1.29, 1.82) is 0 Å². The zero-order chi connectivity index (χ0) is 19.9. The van der Waals surface area contributed by atoms with Crippen LogP contribution in [0.1, 0.15) is 28.7 Å². The minimum Gasteiger partial charge on any atom is -0.382 e. The van der Waals surface area contributed by atoms with Crippen LogP contribution in [-0.4, -0.2) is 21.3 Å². The van der Waals surface area contributed by atoms with Crippen molar-refractivity contribution in [3.8, 4) is 0 Å². The Morgan fingerprint density at radius 1 is 1.32 bits per heavy atom. The van der Waals surface area contributed by atoms with Crippen LogP contribution >= 0.6 is 11.6 Å². The Kier molecular flexibility index (Phi) is 4.39. The van der Waals surface area contributed by atoms with Crippen LogP contribution in [0.3, 0.4) is 0 Å². The Morgan fingerprint density at radius 3 is 2.89 bits per heavy atom. The molecule has 28 heavy (non-hydrogen) atoms. The fourth-order valence-corrected chi connectivity index (χ4v) is 3.45. The van der Waals surface area contributed by atoms with Crippen LogP contribution in [0.2, 0.25) is 5.02 Å². The van der Waals surface area contributed by atoms with Gasteiger partial charge in [-0.05, 0) is 49.4 Å². The van der Waals surface area contributed by atoms with Crippen LogP contribution in [0, 0.1) is 5.82 Å². The van der Waals surface area contributed by atoms with Gasteiger partial charge in [0, 0.05) is 23.6 Å². The highest BCUT2D eigenvalue weighted by Crippen LogP contribution is 2.35. The van der Waals surface area contributed by atoms with Gasteiger partial charge in [-0.25, -0.2) is 9.37 Å². The molecule has 0 saturated heterocycles. The lowest BCUT2D eigenvalue weighted by Crippen LogP contribution is -2.37. The largest absolute Gasteiger partial charge is 0.382 e. The predicted molar refractivity (Wildman–Crippen MR) is 106 cm³/mol. The van der Waals surface area contributed by atoms with E-state index in [1.807, 2.05) is 29.8 Å². The van der Waals surface area contributed by atoms with Crippen LogP contribution in [0.15, 0.2) is 59.9 Å². The van der Waals surface area contributed by atoms with Gasteiger partial charge in [-0.15, -0.1) is 0 Å². The monoisotopic (exact) mass is 397 g/mol. The van der Waals surface area contributed by atoms with Gasteiger partial charge in [-0.3, -0.25) is 9.79 Å². The Morgan fingerprint density at radius 2 is 2.14 bits per heavy atom. The van der Waals surface area contributed by atoms with Crippen molar-refractivity contribution < 1.29 is 9.18 Å². The normalized spacial score (nSPS) is 18.3. The zero-order valence-electron chi connectivity index (χ0n) is 15.0. The van der Waals surface area contributed by atoms with Gasteiger partial charge in [0.15, 0.2) is 0 Å². The van der Waals surface area contributed by atoms with E-state index >= 15 is 0 Å². The molecule has 0 unspecified atom stereocenters. The van der Waals surface area contributed by atoms with Crippen molar-refractivity contribution in [2.45, 2.75) is 19.0 Å². The molecule has 1 atom stereocenters. The first kappa shape index (κ1) is 18.2. The van der Waals surface area contributed by atoms with Crippen molar-refractivity contribution in [1.82, 2.24) is 9.55 Å². The summed E-state index contributed by atoms with van der Waals surface area (Å²) in [7, 11) is 0. The molecule has 1 aromatic carbocycles. The van der Waals surface area contributed by atoms with E-state index in [0.717, 1.165) is 5.69 Å². The third-order valence-corrected chi connectivity index (χ3v) is 4.93. The molecule has 3 heterocycles. The average Bonchev–Trinajstić information content (AvgIpc) is 3.12. The number of rotatable bonds is 3. The van der Waals surface area contributed by atoms with Crippen molar-refractivity contribution in [3.63, 3.8) is 0 Å². The van der Waals surface area contributed by atoms with Gasteiger partial charge >= 0.3 is 0 Å². The molecule has 0 spiro atoms. The Labute approximate surface area is 165 Å². The number of nitrogens with two attached hydrogens (primary N) is 1. The summed E-state index contributed by atoms with van der Waals surface area (Å²) in [5.41, 5.74) is 6.96. The number of amidine groups is 1. The van der Waals surface area contributed by atoms with Gasteiger partial charge in [-0.2, -0.15) is 0 Å². The summed E-state index contributed by atoms with van der Waals surface area (Å²) in [5.74, 6) is -0.492. The van der Waals surface area contributed by atoms with Crippen LogP contribution < -0.4 is 11.1 Å². The predicted octanol–water partition coefficient (Wildman–Crippen LogP) is 3.56. The third-order valence-electron chi connectivity index (χ3n) is 4.70. The minimum absolute atomic E-state index is 0.207. The molecule has 1 aliphatic heterocycles. The van der Waals surface area contributed by atoms with Crippen molar-refractivity contribution in [2.75, 3.05) is 5.32 Å². The second-order valence-electron chi connectivity index (χ2n) is 6.80. The molecular weight excluding hydrogens is 381 g/mol. The number of halogens is 2. The number of benzene rings is 1. The topological polar surface area (TPSA) is 85.3 Å². The first-order valence-corrected chi connectivity index (χ1v) is 8.97. The number of aliphatic imine (C=N–C) groups is 1. The molecule has 6 nitrogen and oxygen atoms in total. The summed E-state index contributed by atoms with van der Waals surface area (Å²) >= 11 is 5.80. The highest BCUT2D eigenvalue weighted by atomic mass is 35.5. The first-order chi connectivity index (χ1) is 13.4. The molecule has 3 aromatic rings. The fourth-order valence-electron chi connectivity index (χ4n) is 3.34. The molecule has 1 amide bonds. The quantitative estimate of drug-likeness (QED) is 0.708. The molecule has 0 saturated carbocycles. The zero-order valence-corrected chi connectivity index (χ0v) is 15.7. The molecule has 0 aliphatic carbocycles. The number of fused-ring (bicyclic) bond motifs is 1. The lowest BCUT2D eigenvalue weighted by atomic mass is 9.90. The SMILES string of the molecule is C[C@]1(c2cc(NC(=O)c3ccc(Cl)cn3)ccc2F)Cn2cccc2C(N)=N1. The van der Waals surface area contributed by atoms with Crippen LogP contribution in [0.5, 0.6) is 0 Å². The van der Waals surface area contributed by atoms with Crippen molar-refractivity contribution in [3.05, 3.63) is 82.6 Å². The van der Waals surface area contributed by atoms with Gasteiger partial charge in [-0.1, -0.05) is 11.6 Å². The number of anilines is 1. The van der Waals surface area contributed by atoms with Gasteiger partial charge in [0.25, 0.3) is 5.91 Å². The van der Waals surface area contributed by atoms with E-state index in [-0.39, 0.29) is 5.69 Å². The van der Waals surface area contributed by atoms with Crippen LogP contribution in [-0.2, 0) is 12.1 Å². The first-order valence-electron chi connectivity index (χ1n) is 8.59. The van der Waals surface area contributed by atoms with E-state index in [2.05, 4.69) is 15.3 Å². The lowest BCUT2D eigenvalue weighted by Gasteiger charge is -2.32. The van der Waals surface area contributed by atoms with Gasteiger partial charge < -0.3 is 15.6 Å². The van der Waals surface area contributed by atoms with Crippen LogP contribution in [0.4, 0.5) is 10.1 Å². The second kappa shape index (κ2) is 6.76. The maximum absolute atomic E-state index is 14.7. The molecule has 142 valence electrons. The van der Waals surface area contributed by atoms with E-state index in [1.165, 1.54) is 24.4 Å². The molecule has 0 radical (unpaired) electrons. The summed E-state index contributed by atoms with van der Waals surface area (Å²) in [4.78, 5) is 20.9. The lowest BCUT2D eigenvalue weighted by molar-refractivity contribution is 0.102. The number of carbonyl (C=O) groups excluding carboxylic acids is 1. The number of nitrogens with zero attached hydrogens (tertiary/aromatic N) is 3. The Hall–Kier alpha value is -3.19. The van der Waals surface area contributed by atoms with Gasteiger partial charge in [0.1, 0.15) is 22.9 Å². The fraction of sp³-hybridized carbons (Fsp3) is 0.150. The molecule has 8 heteroatoms. The molecule has 2 aromatic heterocycles. The summed E-state index contributed by atoms with van der Waals surface area (Å²) < 4.78 is 16.6. The van der Waals surface area contributed by atoms with Crippen LogP contribution in [0.25, 0.3) is 0 Å². The number of carbonyl (C=O) groups is 1. The molecule has 4 rings (SSSR count). The van der Waals surface area contributed by atoms with E-state index in [0.29, 0.717) is 28.7 Å². The van der Waals surface area contributed by atoms with Crippen molar-refractivity contribution >= 4 is 29.0 Å². The number of hydrogen-bond acceptors (Lipinski definition) is 4. The van der Waals surface area contributed by atoms with Gasteiger partial charge in [0.05, 0.1) is 17.3 Å². The third kappa shape index (κ3) is 3.25. The molecule has 0 bridgehead atoms. The Balaban J connectivity index is 1.65. The summed E-state index contributed by atoms with van der Waals surface area (Å²) in [6.07, 6.45) is 3.27. The number of amides is 1. The smallest absolute Gasteiger partial charge is 0.274 e. The number of nitrogens with one attached hydrogen (secondary N) is 1. The summed E-state index contributed by atoms with van der Waals surface area (Å²) in [6, 6.07) is 11.2. The van der Waals surface area contributed by atoms with E-state index in [1.54, 1.807) is 12.1 Å². The highest BCUT2D eigenvalue weighted by Gasteiger charge is 2.34. The van der Waals surface area contributed by atoms with Gasteiger partial charge in [0.2, 0.25) is 0 Å². The molecule has 1 aliphatic rings. The molecule has 3 N–H and O–H groups in total. The van der Waals surface area contributed by atoms with E-state index in [9.17, 15) is 9.18 Å². The molecular formula is C20H17ClFN5O.